The second-order valence-corrected chi connectivity index (χ2v) is 5.46. The van der Waals surface area contributed by atoms with E-state index in [4.69, 9.17) is 10.5 Å². The minimum atomic E-state index is -0.646. The van der Waals surface area contributed by atoms with Gasteiger partial charge in [0.2, 0.25) is 5.91 Å². The summed E-state index contributed by atoms with van der Waals surface area (Å²) in [6.07, 6.45) is -0.646. The lowest BCUT2D eigenvalue weighted by atomic mass is 10.1. The second-order valence-electron chi connectivity index (χ2n) is 5.46. The van der Waals surface area contributed by atoms with Crippen LogP contribution in [0, 0.1) is 13.8 Å². The number of hydrogen-bond donors (Lipinski definition) is 2. The van der Waals surface area contributed by atoms with Crippen LogP contribution in [0.1, 0.15) is 28.4 Å². The third-order valence-electron chi connectivity index (χ3n) is 3.44. The van der Waals surface area contributed by atoms with Crippen LogP contribution >= 0.6 is 0 Å². The molecule has 0 aliphatic carbocycles. The van der Waals surface area contributed by atoms with E-state index in [1.807, 2.05) is 32.0 Å². The van der Waals surface area contributed by atoms with Gasteiger partial charge < -0.3 is 15.8 Å². The predicted molar refractivity (Wildman–Crippen MR) is 89.6 cm³/mol. The van der Waals surface area contributed by atoms with Gasteiger partial charge in [-0.2, -0.15) is 0 Å². The van der Waals surface area contributed by atoms with E-state index >= 15 is 0 Å². The monoisotopic (exact) mass is 312 g/mol. The lowest BCUT2D eigenvalue weighted by molar-refractivity contribution is -0.122. The van der Waals surface area contributed by atoms with Crippen molar-refractivity contribution in [1.82, 2.24) is 0 Å². The molecule has 5 heteroatoms. The van der Waals surface area contributed by atoms with Gasteiger partial charge in [-0.3, -0.25) is 9.59 Å². The second kappa shape index (κ2) is 6.96. The number of anilines is 1. The molecule has 0 saturated carbocycles. The van der Waals surface area contributed by atoms with Gasteiger partial charge in [-0.25, -0.2) is 0 Å². The number of rotatable bonds is 5. The summed E-state index contributed by atoms with van der Waals surface area (Å²) < 4.78 is 5.71. The lowest BCUT2D eigenvalue weighted by Crippen LogP contribution is -2.30. The zero-order valence-electron chi connectivity index (χ0n) is 13.4. The molecule has 120 valence electrons. The molecule has 0 unspecified atom stereocenters. The largest absolute Gasteiger partial charge is 0.481 e. The minimum Gasteiger partial charge on any atom is -0.481 e. The lowest BCUT2D eigenvalue weighted by Gasteiger charge is -2.16. The molecule has 2 aromatic rings. The van der Waals surface area contributed by atoms with Crippen LogP contribution in [0.5, 0.6) is 5.75 Å². The maximum Gasteiger partial charge on any atom is 0.265 e. The van der Waals surface area contributed by atoms with Crippen LogP contribution in [-0.2, 0) is 4.79 Å². The summed E-state index contributed by atoms with van der Waals surface area (Å²) in [5, 5.41) is 2.74. The Morgan fingerprint density at radius 3 is 2.30 bits per heavy atom. The zero-order valence-corrected chi connectivity index (χ0v) is 13.4. The van der Waals surface area contributed by atoms with Gasteiger partial charge in [0.05, 0.1) is 0 Å². The molecule has 0 spiro atoms. The molecule has 0 bridgehead atoms. The Kier molecular flexibility index (Phi) is 5.01. The number of hydrogen-bond acceptors (Lipinski definition) is 3. The number of carbonyl (C=O) groups is 2. The highest BCUT2D eigenvalue weighted by molar-refractivity contribution is 5.96. The Bertz CT molecular complexity index is 724. The SMILES string of the molecule is Cc1ccc(O[C@@H](C)C(=O)Nc2ccc(C(N)=O)cc2)c(C)c1. The molecule has 0 saturated heterocycles. The third kappa shape index (κ3) is 4.32. The molecule has 5 nitrogen and oxygen atoms in total. The molecule has 2 rings (SSSR count). The van der Waals surface area contributed by atoms with Crippen molar-refractivity contribution >= 4 is 17.5 Å². The normalized spacial score (nSPS) is 11.6. The van der Waals surface area contributed by atoms with Crippen LogP contribution in [-0.4, -0.2) is 17.9 Å². The number of primary amides is 1. The summed E-state index contributed by atoms with van der Waals surface area (Å²) in [6, 6.07) is 12.2. The van der Waals surface area contributed by atoms with Crippen molar-refractivity contribution in [2.75, 3.05) is 5.32 Å². The first-order valence-electron chi connectivity index (χ1n) is 7.31. The molecule has 0 aromatic heterocycles. The summed E-state index contributed by atoms with van der Waals surface area (Å²) in [7, 11) is 0. The van der Waals surface area contributed by atoms with Crippen molar-refractivity contribution in [2.24, 2.45) is 5.73 Å². The van der Waals surface area contributed by atoms with E-state index < -0.39 is 12.0 Å². The van der Waals surface area contributed by atoms with Crippen LogP contribution in [0.4, 0.5) is 5.69 Å². The van der Waals surface area contributed by atoms with Gasteiger partial charge in [-0.05, 0) is 56.7 Å². The molecule has 0 heterocycles. The molecular formula is C18H20N2O3. The molecule has 2 aromatic carbocycles. The Labute approximate surface area is 135 Å². The van der Waals surface area contributed by atoms with Crippen molar-refractivity contribution in [3.8, 4) is 5.75 Å². The van der Waals surface area contributed by atoms with Crippen molar-refractivity contribution in [1.29, 1.82) is 0 Å². The van der Waals surface area contributed by atoms with E-state index in [-0.39, 0.29) is 5.91 Å². The molecular weight excluding hydrogens is 292 g/mol. The first kappa shape index (κ1) is 16.5. The van der Waals surface area contributed by atoms with E-state index in [1.54, 1.807) is 31.2 Å². The Morgan fingerprint density at radius 2 is 1.74 bits per heavy atom. The van der Waals surface area contributed by atoms with Crippen molar-refractivity contribution in [3.05, 3.63) is 59.2 Å². The number of ether oxygens (including phenoxy) is 1. The molecule has 1 atom stereocenters. The summed E-state index contributed by atoms with van der Waals surface area (Å²) in [4.78, 5) is 23.2. The van der Waals surface area contributed by atoms with Gasteiger partial charge in [0.1, 0.15) is 5.75 Å². The fourth-order valence-corrected chi connectivity index (χ4v) is 2.14. The maximum absolute atomic E-state index is 12.2. The number of nitrogens with one attached hydrogen (secondary N) is 1. The number of nitrogens with two attached hydrogens (primary N) is 1. The van der Waals surface area contributed by atoms with Crippen molar-refractivity contribution in [2.45, 2.75) is 26.9 Å². The highest BCUT2D eigenvalue weighted by Gasteiger charge is 2.16. The van der Waals surface area contributed by atoms with E-state index in [2.05, 4.69) is 5.32 Å². The highest BCUT2D eigenvalue weighted by atomic mass is 16.5. The van der Waals surface area contributed by atoms with Gasteiger partial charge in [0.15, 0.2) is 6.10 Å². The Hall–Kier alpha value is -2.82. The molecule has 0 aliphatic rings. The third-order valence-corrected chi connectivity index (χ3v) is 3.44. The first-order valence-corrected chi connectivity index (χ1v) is 7.31. The Balaban J connectivity index is 2.00. The number of aryl methyl sites for hydroxylation is 2. The quantitative estimate of drug-likeness (QED) is 0.890. The van der Waals surface area contributed by atoms with Crippen LogP contribution in [0.15, 0.2) is 42.5 Å². The molecule has 2 amide bonds. The van der Waals surface area contributed by atoms with E-state index in [0.717, 1.165) is 11.1 Å². The summed E-state index contributed by atoms with van der Waals surface area (Å²) >= 11 is 0. The van der Waals surface area contributed by atoms with Crippen LogP contribution in [0.25, 0.3) is 0 Å². The van der Waals surface area contributed by atoms with Crippen molar-refractivity contribution in [3.63, 3.8) is 0 Å². The highest BCUT2D eigenvalue weighted by Crippen LogP contribution is 2.20. The first-order chi connectivity index (χ1) is 10.9. The average molecular weight is 312 g/mol. The standard InChI is InChI=1S/C18H20N2O3/c1-11-4-9-16(12(2)10-11)23-13(3)18(22)20-15-7-5-14(6-8-15)17(19)21/h4-10,13H,1-3H3,(H2,19,21)(H,20,22)/t13-/m0/s1. The fraction of sp³-hybridized carbons (Fsp3) is 0.222. The predicted octanol–water partition coefficient (Wildman–Crippen LogP) is 2.81. The fourth-order valence-electron chi connectivity index (χ4n) is 2.14. The summed E-state index contributed by atoms with van der Waals surface area (Å²) in [5.74, 6) is -0.0893. The van der Waals surface area contributed by atoms with Crippen LogP contribution < -0.4 is 15.8 Å². The van der Waals surface area contributed by atoms with Crippen molar-refractivity contribution < 1.29 is 14.3 Å². The minimum absolute atomic E-state index is 0.267. The molecule has 3 N–H and O–H groups in total. The van der Waals surface area contributed by atoms with E-state index in [0.29, 0.717) is 17.0 Å². The van der Waals surface area contributed by atoms with E-state index in [9.17, 15) is 9.59 Å². The van der Waals surface area contributed by atoms with Gasteiger partial charge in [-0.15, -0.1) is 0 Å². The topological polar surface area (TPSA) is 81.4 Å². The van der Waals surface area contributed by atoms with Crippen LogP contribution in [0.3, 0.4) is 0 Å². The van der Waals surface area contributed by atoms with Gasteiger partial charge in [0.25, 0.3) is 5.91 Å². The van der Waals surface area contributed by atoms with Gasteiger partial charge >= 0.3 is 0 Å². The number of carbonyl (C=O) groups excluding carboxylic acids is 2. The summed E-state index contributed by atoms with van der Waals surface area (Å²) in [6.45, 7) is 5.63. The van der Waals surface area contributed by atoms with Gasteiger partial charge in [-0.1, -0.05) is 17.7 Å². The van der Waals surface area contributed by atoms with Gasteiger partial charge in [0, 0.05) is 11.3 Å². The molecule has 0 fully saturated rings. The molecule has 23 heavy (non-hydrogen) atoms. The van der Waals surface area contributed by atoms with E-state index in [1.165, 1.54) is 0 Å². The van der Waals surface area contributed by atoms with Crippen LogP contribution in [0.2, 0.25) is 0 Å². The zero-order chi connectivity index (χ0) is 17.0. The number of amides is 2. The average Bonchev–Trinajstić information content (AvgIpc) is 2.50. The molecule has 0 radical (unpaired) electrons. The molecule has 0 aliphatic heterocycles. The maximum atomic E-state index is 12.2. The number of benzene rings is 2. The summed E-state index contributed by atoms with van der Waals surface area (Å²) in [5.41, 5.74) is 8.27. The smallest absolute Gasteiger partial charge is 0.265 e. The Morgan fingerprint density at radius 1 is 1.09 bits per heavy atom.